The van der Waals surface area contributed by atoms with Gasteiger partial charge >= 0.3 is 0 Å². The Morgan fingerprint density at radius 3 is 2.48 bits per heavy atom. The van der Waals surface area contributed by atoms with Gasteiger partial charge < -0.3 is 4.90 Å². The standard InChI is InChI=1S/C25H27N3OS2/c1-16-13-14-18(15-17(16)2)26-25-28(19-9-5-4-6-10-19)23(29)22(31-25)24-27(3)20-11-7-8-12-21(20)30-24/h7-8,11-15,19H,4-6,9-10H2,1-3H3/b24-22-,26-25?. The molecule has 1 saturated heterocycles. The van der Waals surface area contributed by atoms with Gasteiger partial charge in [-0.15, -0.1) is 0 Å². The molecular formula is C25H27N3OS2. The number of benzene rings is 2. The van der Waals surface area contributed by atoms with Crippen LogP contribution in [0.15, 0.2) is 62.3 Å². The number of para-hydroxylation sites is 1. The lowest BCUT2D eigenvalue weighted by atomic mass is 9.94. The van der Waals surface area contributed by atoms with Crippen molar-refractivity contribution in [2.45, 2.75) is 56.9 Å². The van der Waals surface area contributed by atoms with Gasteiger partial charge in [0, 0.05) is 18.0 Å². The monoisotopic (exact) mass is 449 g/mol. The van der Waals surface area contributed by atoms with Crippen LogP contribution < -0.4 is 4.90 Å². The molecule has 2 aromatic carbocycles. The second-order valence-electron chi connectivity index (χ2n) is 8.50. The molecule has 4 nitrogen and oxygen atoms in total. The smallest absolute Gasteiger partial charge is 0.269 e. The molecule has 3 aliphatic rings. The molecule has 1 saturated carbocycles. The number of hydrogen-bond acceptors (Lipinski definition) is 5. The quantitative estimate of drug-likeness (QED) is 0.483. The molecule has 6 heteroatoms. The highest BCUT2D eigenvalue weighted by atomic mass is 32.2. The summed E-state index contributed by atoms with van der Waals surface area (Å²) < 4.78 is 0. The van der Waals surface area contributed by atoms with Gasteiger partial charge in [0.1, 0.15) is 4.91 Å². The molecule has 0 bridgehead atoms. The molecule has 1 aliphatic carbocycles. The van der Waals surface area contributed by atoms with E-state index in [0.717, 1.165) is 39.3 Å². The maximum Gasteiger partial charge on any atom is 0.269 e. The maximum absolute atomic E-state index is 13.7. The van der Waals surface area contributed by atoms with Gasteiger partial charge in [-0.2, -0.15) is 0 Å². The number of thioether (sulfide) groups is 2. The largest absolute Gasteiger partial charge is 0.337 e. The average Bonchev–Trinajstić information content (AvgIpc) is 3.28. The van der Waals surface area contributed by atoms with E-state index in [-0.39, 0.29) is 11.9 Å². The summed E-state index contributed by atoms with van der Waals surface area (Å²) in [4.78, 5) is 24.9. The predicted molar refractivity (Wildman–Crippen MR) is 132 cm³/mol. The number of aryl methyl sites for hydroxylation is 2. The van der Waals surface area contributed by atoms with Crippen molar-refractivity contribution in [2.75, 3.05) is 11.9 Å². The van der Waals surface area contributed by atoms with Gasteiger partial charge in [-0.25, -0.2) is 4.99 Å². The Hall–Kier alpha value is -2.18. The first kappa shape index (κ1) is 20.7. The number of fused-ring (bicyclic) bond motifs is 1. The number of rotatable bonds is 2. The third-order valence-corrected chi connectivity index (χ3v) is 8.81. The number of anilines is 1. The molecule has 0 N–H and O–H groups in total. The van der Waals surface area contributed by atoms with Crippen molar-refractivity contribution in [2.24, 2.45) is 4.99 Å². The van der Waals surface area contributed by atoms with E-state index in [2.05, 4.69) is 62.2 Å². The Bertz CT molecular complexity index is 1100. The van der Waals surface area contributed by atoms with E-state index in [9.17, 15) is 4.79 Å². The second kappa shape index (κ2) is 8.40. The fourth-order valence-electron chi connectivity index (χ4n) is 4.46. The lowest BCUT2D eigenvalue weighted by Crippen LogP contribution is -2.40. The van der Waals surface area contributed by atoms with Crippen molar-refractivity contribution < 1.29 is 4.79 Å². The average molecular weight is 450 g/mol. The van der Waals surface area contributed by atoms with Gasteiger partial charge in [0.2, 0.25) is 0 Å². The number of amidine groups is 1. The Morgan fingerprint density at radius 2 is 1.74 bits per heavy atom. The Labute approximate surface area is 192 Å². The highest BCUT2D eigenvalue weighted by Gasteiger charge is 2.42. The minimum atomic E-state index is 0.113. The summed E-state index contributed by atoms with van der Waals surface area (Å²) in [5, 5.41) is 1.84. The zero-order valence-corrected chi connectivity index (χ0v) is 19.9. The first-order valence-corrected chi connectivity index (χ1v) is 12.6. The molecule has 0 spiro atoms. The SMILES string of the molecule is Cc1ccc(N=C2S/C(=C3\Sc4ccccc4N3C)C(=O)N2C2CCCCC2)cc1C. The molecule has 2 fully saturated rings. The van der Waals surface area contributed by atoms with E-state index < -0.39 is 0 Å². The molecule has 2 aromatic rings. The minimum Gasteiger partial charge on any atom is -0.337 e. The van der Waals surface area contributed by atoms with Crippen LogP contribution in [0.25, 0.3) is 0 Å². The van der Waals surface area contributed by atoms with Crippen molar-refractivity contribution in [3.05, 3.63) is 63.5 Å². The highest BCUT2D eigenvalue weighted by molar-refractivity contribution is 8.19. The normalized spacial score (nSPS) is 23.2. The molecule has 1 amide bonds. The number of amides is 1. The fraction of sp³-hybridized carbons (Fsp3) is 0.360. The van der Waals surface area contributed by atoms with Crippen LogP contribution in [-0.2, 0) is 4.79 Å². The molecule has 160 valence electrons. The summed E-state index contributed by atoms with van der Waals surface area (Å²) in [6.07, 6.45) is 5.75. The van der Waals surface area contributed by atoms with Crippen LogP contribution >= 0.6 is 23.5 Å². The van der Waals surface area contributed by atoms with Gasteiger partial charge in [-0.1, -0.05) is 49.2 Å². The molecule has 0 aromatic heterocycles. The zero-order chi connectivity index (χ0) is 21.5. The Morgan fingerprint density at radius 1 is 0.968 bits per heavy atom. The van der Waals surface area contributed by atoms with Gasteiger partial charge in [0.15, 0.2) is 5.17 Å². The van der Waals surface area contributed by atoms with E-state index in [0.29, 0.717) is 0 Å². The molecule has 0 radical (unpaired) electrons. The van der Waals surface area contributed by atoms with E-state index in [1.807, 2.05) is 11.0 Å². The van der Waals surface area contributed by atoms with Gasteiger partial charge in [-0.3, -0.25) is 9.69 Å². The Kier molecular flexibility index (Phi) is 5.61. The summed E-state index contributed by atoms with van der Waals surface area (Å²) in [5.41, 5.74) is 4.56. The van der Waals surface area contributed by atoms with Crippen LogP contribution in [0.2, 0.25) is 0 Å². The van der Waals surface area contributed by atoms with Crippen molar-refractivity contribution in [1.82, 2.24) is 4.90 Å². The maximum atomic E-state index is 13.7. The molecule has 0 atom stereocenters. The molecule has 0 unspecified atom stereocenters. The van der Waals surface area contributed by atoms with Crippen LogP contribution in [0.5, 0.6) is 0 Å². The number of carbonyl (C=O) groups is 1. The highest BCUT2D eigenvalue weighted by Crippen LogP contribution is 2.50. The number of hydrogen-bond donors (Lipinski definition) is 0. The number of aliphatic imine (C=N–C) groups is 1. The molecule has 5 rings (SSSR count). The summed E-state index contributed by atoms with van der Waals surface area (Å²) >= 11 is 3.23. The third kappa shape index (κ3) is 3.80. The first-order chi connectivity index (χ1) is 15.0. The topological polar surface area (TPSA) is 35.9 Å². The first-order valence-electron chi connectivity index (χ1n) is 10.9. The van der Waals surface area contributed by atoms with Crippen LogP contribution in [0, 0.1) is 13.8 Å². The van der Waals surface area contributed by atoms with Crippen molar-refractivity contribution in [3.63, 3.8) is 0 Å². The van der Waals surface area contributed by atoms with Crippen molar-refractivity contribution in [3.8, 4) is 0 Å². The van der Waals surface area contributed by atoms with E-state index in [4.69, 9.17) is 4.99 Å². The lowest BCUT2D eigenvalue weighted by Gasteiger charge is -2.30. The van der Waals surface area contributed by atoms with E-state index >= 15 is 0 Å². The molecule has 2 aliphatic heterocycles. The predicted octanol–water partition coefficient (Wildman–Crippen LogP) is 6.61. The molecule has 31 heavy (non-hydrogen) atoms. The van der Waals surface area contributed by atoms with Crippen LogP contribution in [0.3, 0.4) is 0 Å². The van der Waals surface area contributed by atoms with Gasteiger partial charge in [0.05, 0.1) is 16.4 Å². The van der Waals surface area contributed by atoms with Crippen molar-refractivity contribution in [1.29, 1.82) is 0 Å². The summed E-state index contributed by atoms with van der Waals surface area (Å²) in [6, 6.07) is 14.9. The third-order valence-electron chi connectivity index (χ3n) is 6.40. The lowest BCUT2D eigenvalue weighted by molar-refractivity contribution is -0.124. The summed E-state index contributed by atoms with van der Waals surface area (Å²) in [5.74, 6) is 0.113. The Balaban J connectivity index is 1.56. The van der Waals surface area contributed by atoms with E-state index in [1.54, 1.807) is 23.5 Å². The molecular weight excluding hydrogens is 422 g/mol. The van der Waals surface area contributed by atoms with E-state index in [1.165, 1.54) is 35.3 Å². The molecule has 2 heterocycles. The van der Waals surface area contributed by atoms with Gasteiger partial charge in [-0.05, 0) is 73.8 Å². The van der Waals surface area contributed by atoms with Gasteiger partial charge in [0.25, 0.3) is 5.91 Å². The van der Waals surface area contributed by atoms with Crippen LogP contribution in [-0.4, -0.2) is 29.1 Å². The number of carbonyl (C=O) groups excluding carboxylic acids is 1. The minimum absolute atomic E-state index is 0.113. The van der Waals surface area contributed by atoms with Crippen molar-refractivity contribution >= 4 is 46.0 Å². The second-order valence-corrected chi connectivity index (χ2v) is 10.5. The summed E-state index contributed by atoms with van der Waals surface area (Å²) in [6.45, 7) is 4.22. The number of nitrogens with zero attached hydrogens (tertiary/aromatic N) is 3. The van der Waals surface area contributed by atoms with Crippen LogP contribution in [0.4, 0.5) is 11.4 Å². The summed E-state index contributed by atoms with van der Waals surface area (Å²) in [7, 11) is 2.05. The van der Waals surface area contributed by atoms with Crippen LogP contribution in [0.1, 0.15) is 43.2 Å². The fourth-order valence-corrected chi connectivity index (χ4v) is 6.86. The zero-order valence-electron chi connectivity index (χ0n) is 18.2.